The van der Waals surface area contributed by atoms with Crippen LogP contribution in [0.5, 0.6) is 0 Å². The van der Waals surface area contributed by atoms with E-state index in [0.29, 0.717) is 0 Å². The minimum Gasteiger partial charge on any atom is -0.330 e. The molecular weight excluding hydrogens is 496 g/mol. The molecule has 184 valence electrons. The number of nitrogens with zero attached hydrogens (tertiary/aromatic N) is 2. The predicted molar refractivity (Wildman–Crippen MR) is 98.9 cm³/mol. The highest BCUT2D eigenvalue weighted by molar-refractivity contribution is 7.87. The highest BCUT2D eigenvalue weighted by Gasteiger charge is 2.49. The van der Waals surface area contributed by atoms with Gasteiger partial charge in [0.25, 0.3) is 43.9 Å². The smallest absolute Gasteiger partial charge is 0.330 e. The first-order valence-electron chi connectivity index (χ1n) is 9.20. The lowest BCUT2D eigenvalue weighted by molar-refractivity contribution is -0.197. The number of unbranched alkanes of at least 4 members (excludes halogenated alkanes) is 2. The summed E-state index contributed by atoms with van der Waals surface area (Å²) in [7, 11) is -9.69. The van der Waals surface area contributed by atoms with Gasteiger partial charge in [0.05, 0.1) is 12.8 Å². The minimum atomic E-state index is -4.85. The molecular formula is C15H18N2O14S2. The number of imide groups is 2. The third-order valence-electron chi connectivity index (χ3n) is 4.49. The monoisotopic (exact) mass is 514 g/mol. The second-order valence-electron chi connectivity index (χ2n) is 6.96. The second kappa shape index (κ2) is 9.89. The molecule has 33 heavy (non-hydrogen) atoms. The molecule has 0 aromatic rings. The number of hydroxylamine groups is 4. The van der Waals surface area contributed by atoms with E-state index in [-0.39, 0.29) is 42.2 Å². The van der Waals surface area contributed by atoms with Crippen molar-refractivity contribution < 1.29 is 64.4 Å². The summed E-state index contributed by atoms with van der Waals surface area (Å²) in [6, 6.07) is 0. The maximum atomic E-state index is 11.8. The van der Waals surface area contributed by atoms with Gasteiger partial charge in [0.2, 0.25) is 0 Å². The third-order valence-corrected chi connectivity index (χ3v) is 6.67. The fourth-order valence-electron chi connectivity index (χ4n) is 2.83. The van der Waals surface area contributed by atoms with Crippen LogP contribution in [0.25, 0.3) is 0 Å². The van der Waals surface area contributed by atoms with Crippen molar-refractivity contribution in [1.29, 1.82) is 0 Å². The summed E-state index contributed by atoms with van der Waals surface area (Å²) in [6.45, 7) is 0. The van der Waals surface area contributed by atoms with Gasteiger partial charge in [-0.3, -0.25) is 28.3 Å². The van der Waals surface area contributed by atoms with Gasteiger partial charge in [0.15, 0.2) is 10.5 Å². The SMILES string of the molecule is O=C(CCCCCC(=O)ON1C(=O)C[C@H](S(=O)(=O)O)C1=O)ON1C(=O)C[C@@H](S(=O)(=O)O)C1=O. The molecule has 0 aliphatic carbocycles. The molecule has 2 fully saturated rings. The van der Waals surface area contributed by atoms with Crippen molar-refractivity contribution in [2.24, 2.45) is 0 Å². The number of amides is 4. The van der Waals surface area contributed by atoms with Gasteiger partial charge in [0, 0.05) is 12.8 Å². The largest absolute Gasteiger partial charge is 0.333 e. The van der Waals surface area contributed by atoms with Crippen molar-refractivity contribution in [3.05, 3.63) is 0 Å². The lowest BCUT2D eigenvalue weighted by Crippen LogP contribution is -2.36. The summed E-state index contributed by atoms with van der Waals surface area (Å²) in [4.78, 5) is 79.2. The zero-order chi connectivity index (χ0) is 25.1. The normalized spacial score (nSPS) is 21.6. The number of carbonyl (C=O) groups is 6. The van der Waals surface area contributed by atoms with E-state index in [1.54, 1.807) is 0 Å². The Hall–Kier alpha value is -2.96. The molecule has 0 spiro atoms. The molecule has 18 heteroatoms. The van der Waals surface area contributed by atoms with E-state index in [1.807, 2.05) is 0 Å². The van der Waals surface area contributed by atoms with Crippen LogP contribution in [0.3, 0.4) is 0 Å². The van der Waals surface area contributed by atoms with Crippen molar-refractivity contribution in [3.63, 3.8) is 0 Å². The summed E-state index contributed by atoms with van der Waals surface area (Å²) in [5.74, 6) is -7.16. The highest BCUT2D eigenvalue weighted by Crippen LogP contribution is 2.21. The first kappa shape index (κ1) is 26.3. The van der Waals surface area contributed by atoms with Crippen LogP contribution in [0.4, 0.5) is 0 Å². The molecule has 2 heterocycles. The van der Waals surface area contributed by atoms with Crippen LogP contribution in [0.15, 0.2) is 0 Å². The Balaban J connectivity index is 1.70. The summed E-state index contributed by atoms with van der Waals surface area (Å²) < 4.78 is 61.9. The predicted octanol–water partition coefficient (Wildman–Crippen LogP) is -2.12. The van der Waals surface area contributed by atoms with Gasteiger partial charge in [-0.25, -0.2) is 9.59 Å². The Bertz CT molecular complexity index is 1010. The molecule has 0 aromatic heterocycles. The lowest BCUT2D eigenvalue weighted by Gasteiger charge is -2.13. The van der Waals surface area contributed by atoms with E-state index in [9.17, 15) is 45.6 Å². The maximum absolute atomic E-state index is 11.8. The Morgan fingerprint density at radius 1 is 0.727 bits per heavy atom. The zero-order valence-electron chi connectivity index (χ0n) is 16.6. The molecule has 16 nitrogen and oxygen atoms in total. The fourth-order valence-corrected chi connectivity index (χ4v) is 4.24. The number of carbonyl (C=O) groups excluding carboxylic acids is 6. The quantitative estimate of drug-likeness (QED) is 0.180. The van der Waals surface area contributed by atoms with Crippen LogP contribution < -0.4 is 0 Å². The Morgan fingerprint density at radius 3 is 1.33 bits per heavy atom. The van der Waals surface area contributed by atoms with Gasteiger partial charge >= 0.3 is 11.9 Å². The van der Waals surface area contributed by atoms with Gasteiger partial charge in [-0.05, 0) is 12.8 Å². The topological polar surface area (TPSA) is 236 Å². The highest BCUT2D eigenvalue weighted by atomic mass is 32.2. The van der Waals surface area contributed by atoms with Gasteiger partial charge < -0.3 is 9.68 Å². The van der Waals surface area contributed by atoms with Crippen molar-refractivity contribution in [1.82, 2.24) is 10.1 Å². The first-order valence-corrected chi connectivity index (χ1v) is 12.2. The Labute approximate surface area is 186 Å². The first-order chi connectivity index (χ1) is 15.1. The third kappa shape index (κ3) is 6.53. The fraction of sp³-hybridized carbons (Fsp3) is 0.600. The molecule has 0 unspecified atom stereocenters. The molecule has 2 atom stereocenters. The molecule has 2 rings (SSSR count). The molecule has 2 aliphatic heterocycles. The number of hydrogen-bond acceptors (Lipinski definition) is 12. The van der Waals surface area contributed by atoms with Crippen molar-refractivity contribution in [2.45, 2.75) is 55.4 Å². The molecule has 2 N–H and O–H groups in total. The molecule has 0 radical (unpaired) electrons. The Kier molecular flexibility index (Phi) is 7.88. The zero-order valence-corrected chi connectivity index (χ0v) is 18.2. The van der Waals surface area contributed by atoms with Gasteiger partial charge in [-0.15, -0.1) is 10.1 Å². The van der Waals surface area contributed by atoms with E-state index < -0.39 is 79.1 Å². The van der Waals surface area contributed by atoms with Crippen molar-refractivity contribution in [2.75, 3.05) is 0 Å². The summed E-state index contributed by atoms with van der Waals surface area (Å²) >= 11 is 0. The number of hydrogen-bond donors (Lipinski definition) is 2. The average molecular weight is 514 g/mol. The van der Waals surface area contributed by atoms with Crippen LogP contribution in [0, 0.1) is 0 Å². The molecule has 2 saturated heterocycles. The van der Waals surface area contributed by atoms with Gasteiger partial charge in [-0.1, -0.05) is 6.42 Å². The second-order valence-corrected chi connectivity index (χ2v) is 10.2. The van der Waals surface area contributed by atoms with E-state index in [1.165, 1.54) is 0 Å². The van der Waals surface area contributed by atoms with E-state index in [4.69, 9.17) is 9.11 Å². The Morgan fingerprint density at radius 2 is 1.06 bits per heavy atom. The molecule has 4 amide bonds. The molecule has 0 saturated carbocycles. The molecule has 0 bridgehead atoms. The minimum absolute atomic E-state index is 0.0396. The van der Waals surface area contributed by atoms with Crippen LogP contribution >= 0.6 is 0 Å². The molecule has 0 aromatic carbocycles. The van der Waals surface area contributed by atoms with E-state index >= 15 is 0 Å². The van der Waals surface area contributed by atoms with Crippen molar-refractivity contribution >= 4 is 55.8 Å². The summed E-state index contributed by atoms with van der Waals surface area (Å²) in [6.07, 6.45) is -2.02. The van der Waals surface area contributed by atoms with Crippen LogP contribution in [0.1, 0.15) is 44.9 Å². The standard InChI is InChI=1S/C15H18N2O14S2/c18-10-6-8(32(24,25)26)14(22)16(10)30-12(20)4-2-1-3-5-13(21)31-17-11(19)7-9(15(17)23)33(27,28)29/h8-9H,1-7H2,(H,24,25,26)(H,27,28,29)/t8-,9+. The molecule has 2 aliphatic rings. The average Bonchev–Trinajstić information content (AvgIpc) is 3.12. The number of rotatable bonds is 10. The maximum Gasteiger partial charge on any atom is 0.333 e. The van der Waals surface area contributed by atoms with E-state index in [2.05, 4.69) is 9.68 Å². The van der Waals surface area contributed by atoms with Gasteiger partial charge in [0.1, 0.15) is 0 Å². The van der Waals surface area contributed by atoms with Crippen molar-refractivity contribution in [3.8, 4) is 0 Å². The van der Waals surface area contributed by atoms with Crippen LogP contribution in [-0.4, -0.2) is 82.1 Å². The van der Waals surface area contributed by atoms with E-state index in [0.717, 1.165) is 0 Å². The summed E-state index contributed by atoms with van der Waals surface area (Å²) in [5, 5.41) is -4.18. The summed E-state index contributed by atoms with van der Waals surface area (Å²) in [5.41, 5.74) is 0. The van der Waals surface area contributed by atoms with Gasteiger partial charge in [-0.2, -0.15) is 16.8 Å². The lowest BCUT2D eigenvalue weighted by atomic mass is 10.1. The van der Waals surface area contributed by atoms with Crippen LogP contribution in [-0.2, 0) is 58.7 Å². The van der Waals surface area contributed by atoms with Crippen LogP contribution in [0.2, 0.25) is 0 Å².